The van der Waals surface area contributed by atoms with Crippen molar-refractivity contribution in [3.63, 3.8) is 0 Å². The Morgan fingerprint density at radius 1 is 1.08 bits per heavy atom. The quantitative estimate of drug-likeness (QED) is 0.607. The largest absolute Gasteiger partial charge is 0.491 e. The van der Waals surface area contributed by atoms with Crippen molar-refractivity contribution in [1.82, 2.24) is 5.32 Å². The van der Waals surface area contributed by atoms with Gasteiger partial charge in [0.25, 0.3) is 0 Å². The van der Waals surface area contributed by atoms with Crippen LogP contribution in [-0.2, 0) is 19.0 Å². The summed E-state index contributed by atoms with van der Waals surface area (Å²) in [5, 5.41) is 2.52. The van der Waals surface area contributed by atoms with Crippen molar-refractivity contribution < 1.29 is 28.5 Å². The van der Waals surface area contributed by atoms with Crippen LogP contribution in [0.3, 0.4) is 0 Å². The highest BCUT2D eigenvalue weighted by atomic mass is 16.6. The van der Waals surface area contributed by atoms with Crippen LogP contribution in [0.2, 0.25) is 0 Å². The van der Waals surface area contributed by atoms with Crippen LogP contribution in [0, 0.1) is 0 Å². The average Bonchev–Trinajstić information content (AvgIpc) is 2.51. The third-order valence-electron chi connectivity index (χ3n) is 2.87. The lowest BCUT2D eigenvalue weighted by molar-refractivity contribution is -0.143. The van der Waals surface area contributed by atoms with Crippen molar-refractivity contribution in [1.29, 1.82) is 0 Å². The van der Waals surface area contributed by atoms with Crippen molar-refractivity contribution in [3.05, 3.63) is 29.8 Å². The van der Waals surface area contributed by atoms with E-state index in [1.54, 1.807) is 52.1 Å². The van der Waals surface area contributed by atoms with Crippen LogP contribution in [-0.4, -0.2) is 45.1 Å². The summed E-state index contributed by atoms with van der Waals surface area (Å²) in [6.07, 6.45) is -0.696. The van der Waals surface area contributed by atoms with Gasteiger partial charge in [0.1, 0.15) is 18.0 Å². The van der Waals surface area contributed by atoms with Gasteiger partial charge in [0, 0.05) is 7.11 Å². The molecule has 0 unspecified atom stereocenters. The molecule has 0 fully saturated rings. The first-order chi connectivity index (χ1) is 11.3. The third-order valence-corrected chi connectivity index (χ3v) is 2.87. The summed E-state index contributed by atoms with van der Waals surface area (Å²) in [5.74, 6) is 0.0468. The fraction of sp³-hybridized carbons (Fsp3) is 0.529. The SMILES string of the molecule is COCCOc1ccc([C@H](NC(=O)OC(C)(C)C)C(=O)OC)cc1. The molecule has 0 aliphatic carbocycles. The standard InChI is InChI=1S/C17H25NO6/c1-17(2,3)24-16(20)18-14(15(19)22-5)12-6-8-13(9-7-12)23-11-10-21-4/h6-9,14H,10-11H2,1-5H3,(H,18,20)/t14-/m0/s1. The highest BCUT2D eigenvalue weighted by Gasteiger charge is 2.26. The first-order valence-corrected chi connectivity index (χ1v) is 7.56. The molecule has 0 radical (unpaired) electrons. The smallest absolute Gasteiger partial charge is 0.408 e. The van der Waals surface area contributed by atoms with Gasteiger partial charge in [-0.2, -0.15) is 0 Å². The van der Waals surface area contributed by atoms with E-state index in [0.29, 0.717) is 24.5 Å². The van der Waals surface area contributed by atoms with Gasteiger partial charge in [0.15, 0.2) is 6.04 Å². The number of alkyl carbamates (subject to hydrolysis) is 1. The Labute approximate surface area is 142 Å². The maximum atomic E-state index is 12.0. The highest BCUT2D eigenvalue weighted by molar-refractivity contribution is 5.82. The van der Waals surface area contributed by atoms with E-state index in [2.05, 4.69) is 5.32 Å². The molecule has 1 atom stereocenters. The van der Waals surface area contributed by atoms with Gasteiger partial charge in [-0.25, -0.2) is 9.59 Å². The van der Waals surface area contributed by atoms with E-state index in [1.807, 2.05) is 0 Å². The molecule has 0 heterocycles. The fourth-order valence-corrected chi connectivity index (χ4v) is 1.82. The first kappa shape index (κ1) is 19.8. The lowest BCUT2D eigenvalue weighted by Crippen LogP contribution is -2.38. The molecule has 134 valence electrons. The topological polar surface area (TPSA) is 83.1 Å². The molecule has 1 rings (SSSR count). The summed E-state index contributed by atoms with van der Waals surface area (Å²) in [4.78, 5) is 23.9. The molecule has 0 bridgehead atoms. The minimum absolute atomic E-state index is 0.423. The zero-order valence-electron chi connectivity index (χ0n) is 14.8. The number of hydrogen-bond donors (Lipinski definition) is 1. The van der Waals surface area contributed by atoms with E-state index >= 15 is 0 Å². The minimum Gasteiger partial charge on any atom is -0.491 e. The van der Waals surface area contributed by atoms with Crippen LogP contribution in [0.5, 0.6) is 5.75 Å². The average molecular weight is 339 g/mol. The second kappa shape index (κ2) is 9.12. The van der Waals surface area contributed by atoms with Gasteiger partial charge in [-0.1, -0.05) is 12.1 Å². The molecule has 0 saturated carbocycles. The van der Waals surface area contributed by atoms with Crippen LogP contribution < -0.4 is 10.1 Å². The summed E-state index contributed by atoms with van der Waals surface area (Å²) in [7, 11) is 2.85. The Hall–Kier alpha value is -2.28. The van der Waals surface area contributed by atoms with Gasteiger partial charge in [-0.15, -0.1) is 0 Å². The van der Waals surface area contributed by atoms with Crippen LogP contribution in [0.1, 0.15) is 32.4 Å². The van der Waals surface area contributed by atoms with E-state index in [4.69, 9.17) is 18.9 Å². The van der Waals surface area contributed by atoms with Gasteiger partial charge >= 0.3 is 12.1 Å². The maximum absolute atomic E-state index is 12.0. The lowest BCUT2D eigenvalue weighted by Gasteiger charge is -2.22. The number of ether oxygens (including phenoxy) is 4. The Morgan fingerprint density at radius 2 is 1.71 bits per heavy atom. The molecule has 0 aromatic heterocycles. The van der Waals surface area contributed by atoms with Crippen molar-refractivity contribution in [2.75, 3.05) is 27.4 Å². The van der Waals surface area contributed by atoms with Crippen LogP contribution >= 0.6 is 0 Å². The monoisotopic (exact) mass is 339 g/mol. The van der Waals surface area contributed by atoms with E-state index in [0.717, 1.165) is 0 Å². The summed E-state index contributed by atoms with van der Waals surface area (Å²) in [6.45, 7) is 6.13. The molecule has 24 heavy (non-hydrogen) atoms. The van der Waals surface area contributed by atoms with Crippen LogP contribution in [0.25, 0.3) is 0 Å². The second-order valence-corrected chi connectivity index (χ2v) is 6.01. The summed E-state index contributed by atoms with van der Waals surface area (Å²) < 4.78 is 20.3. The third kappa shape index (κ3) is 6.87. The number of methoxy groups -OCH3 is 2. The maximum Gasteiger partial charge on any atom is 0.408 e. The van der Waals surface area contributed by atoms with E-state index in [1.165, 1.54) is 7.11 Å². The van der Waals surface area contributed by atoms with Gasteiger partial charge in [-0.05, 0) is 38.5 Å². The Kier molecular flexibility index (Phi) is 7.51. The number of amides is 1. The molecular formula is C17H25NO6. The number of rotatable bonds is 7. The molecule has 0 aliphatic heterocycles. The van der Waals surface area contributed by atoms with Gasteiger partial charge < -0.3 is 24.3 Å². The number of esters is 1. The molecule has 7 nitrogen and oxygen atoms in total. The summed E-state index contributed by atoms with van der Waals surface area (Å²) >= 11 is 0. The van der Waals surface area contributed by atoms with Crippen molar-refractivity contribution in [2.45, 2.75) is 32.4 Å². The van der Waals surface area contributed by atoms with Crippen molar-refractivity contribution in [3.8, 4) is 5.75 Å². The summed E-state index contributed by atoms with van der Waals surface area (Å²) in [6, 6.07) is 5.82. The molecule has 0 aliphatic rings. The summed E-state index contributed by atoms with van der Waals surface area (Å²) in [5.41, 5.74) is -0.101. The van der Waals surface area contributed by atoms with Gasteiger partial charge in [0.2, 0.25) is 0 Å². The van der Waals surface area contributed by atoms with E-state index in [9.17, 15) is 9.59 Å². The van der Waals surface area contributed by atoms with Crippen LogP contribution in [0.15, 0.2) is 24.3 Å². The number of benzene rings is 1. The molecule has 1 N–H and O–H groups in total. The molecule has 1 aromatic rings. The zero-order chi connectivity index (χ0) is 18.2. The molecule has 0 spiro atoms. The van der Waals surface area contributed by atoms with E-state index in [-0.39, 0.29) is 0 Å². The number of carbonyl (C=O) groups excluding carboxylic acids is 2. The normalized spacial score (nSPS) is 12.2. The molecule has 7 heteroatoms. The number of hydrogen-bond acceptors (Lipinski definition) is 6. The Bertz CT molecular complexity index is 535. The highest BCUT2D eigenvalue weighted by Crippen LogP contribution is 2.20. The van der Waals surface area contributed by atoms with Crippen molar-refractivity contribution >= 4 is 12.1 Å². The van der Waals surface area contributed by atoms with Gasteiger partial charge in [0.05, 0.1) is 13.7 Å². The molecule has 1 amide bonds. The van der Waals surface area contributed by atoms with Crippen LogP contribution in [0.4, 0.5) is 4.79 Å². The molecular weight excluding hydrogens is 314 g/mol. The fourth-order valence-electron chi connectivity index (χ4n) is 1.82. The minimum atomic E-state index is -0.960. The molecule has 0 saturated heterocycles. The number of nitrogens with one attached hydrogen (secondary N) is 1. The lowest BCUT2D eigenvalue weighted by atomic mass is 10.1. The Balaban J connectivity index is 2.81. The van der Waals surface area contributed by atoms with Gasteiger partial charge in [-0.3, -0.25) is 0 Å². The number of carbonyl (C=O) groups is 2. The predicted molar refractivity (Wildman–Crippen MR) is 87.9 cm³/mol. The zero-order valence-corrected chi connectivity index (χ0v) is 14.8. The van der Waals surface area contributed by atoms with E-state index < -0.39 is 23.7 Å². The predicted octanol–water partition coefficient (Wildman–Crippen LogP) is 2.45. The Morgan fingerprint density at radius 3 is 2.21 bits per heavy atom. The second-order valence-electron chi connectivity index (χ2n) is 6.01. The first-order valence-electron chi connectivity index (χ1n) is 7.56. The molecule has 1 aromatic carbocycles. The van der Waals surface area contributed by atoms with Crippen molar-refractivity contribution in [2.24, 2.45) is 0 Å².